The van der Waals surface area contributed by atoms with Crippen molar-refractivity contribution in [3.8, 4) is 5.75 Å². The molecule has 0 saturated heterocycles. The molecule has 5 amide bonds. The van der Waals surface area contributed by atoms with E-state index in [0.29, 0.717) is 66.4 Å². The normalized spacial score (nSPS) is 13.1. The predicted molar refractivity (Wildman–Crippen MR) is 203 cm³/mol. The zero-order valence-electron chi connectivity index (χ0n) is 29.8. The Morgan fingerprint density at radius 1 is 0.792 bits per heavy atom. The number of nitrogens with one attached hydrogen (secondary N) is 4. The Labute approximate surface area is 309 Å². The number of hydrogen-bond acceptors (Lipinski definition) is 7. The predicted octanol–water partition coefficient (Wildman–Crippen LogP) is 3.92. The summed E-state index contributed by atoms with van der Waals surface area (Å²) in [6.45, 7) is 2.02. The Morgan fingerprint density at radius 2 is 1.45 bits per heavy atom. The number of fused-ring (bicyclic) bond motifs is 1. The van der Waals surface area contributed by atoms with Crippen LogP contribution in [0.15, 0.2) is 71.7 Å². The molecule has 14 nitrogen and oxygen atoms in total. The van der Waals surface area contributed by atoms with Crippen LogP contribution in [0, 0.1) is 0 Å². The second-order valence-electron chi connectivity index (χ2n) is 13.2. The van der Waals surface area contributed by atoms with E-state index >= 15 is 0 Å². The molecule has 0 aromatic heterocycles. The van der Waals surface area contributed by atoms with Crippen molar-refractivity contribution < 1.29 is 28.7 Å². The van der Waals surface area contributed by atoms with Crippen molar-refractivity contribution in [1.29, 1.82) is 0 Å². The lowest BCUT2D eigenvalue weighted by atomic mass is 10.1. The summed E-state index contributed by atoms with van der Waals surface area (Å²) < 4.78 is 5.49. The van der Waals surface area contributed by atoms with E-state index in [2.05, 4.69) is 26.3 Å². The van der Waals surface area contributed by atoms with E-state index < -0.39 is 0 Å². The summed E-state index contributed by atoms with van der Waals surface area (Å²) in [7, 11) is 0. The summed E-state index contributed by atoms with van der Waals surface area (Å²) in [6.07, 6.45) is 7.42. The molecule has 2 aliphatic rings. The zero-order valence-corrected chi connectivity index (χ0v) is 29.8. The van der Waals surface area contributed by atoms with Crippen LogP contribution in [0.4, 0.5) is 11.4 Å². The number of nitrogens with zero attached hydrogens (tertiary/aromatic N) is 2. The first-order chi connectivity index (χ1) is 25.7. The van der Waals surface area contributed by atoms with Crippen LogP contribution in [0.2, 0.25) is 0 Å². The fourth-order valence-corrected chi connectivity index (χ4v) is 5.82. The maximum Gasteiger partial charge on any atom is 0.262 e. The van der Waals surface area contributed by atoms with Gasteiger partial charge in [-0.1, -0.05) is 25.0 Å². The summed E-state index contributed by atoms with van der Waals surface area (Å²) in [4.78, 5) is 68.3. The standard InChI is InChI=1S/C39H48N8O6/c40-39(41)44-22-6-3-7-34(48)42-20-4-1-2-5-21-43-36(50)27-12-15-30(16-13-27)45-37(51)28-10-8-26(9-11-28)24-47(31-17-18-31)38(52)29-14-19-32-33(23-29)53-25-35(49)46-32/h8-16,19,23,31H,1-7,17-18,20-22,24-25H2,(H,42,48)(H,43,50)(H,45,51)(H,46,49)(H4,40,41,44). The number of anilines is 2. The number of ether oxygens (including phenoxy) is 1. The van der Waals surface area contributed by atoms with Gasteiger partial charge in [0.1, 0.15) is 5.75 Å². The summed E-state index contributed by atoms with van der Waals surface area (Å²) >= 11 is 0. The van der Waals surface area contributed by atoms with Crippen LogP contribution < -0.4 is 37.5 Å². The van der Waals surface area contributed by atoms with Gasteiger partial charge in [0.2, 0.25) is 5.91 Å². The molecule has 1 aliphatic carbocycles. The molecule has 1 saturated carbocycles. The summed E-state index contributed by atoms with van der Waals surface area (Å²) in [5.41, 5.74) is 14.0. The van der Waals surface area contributed by atoms with Crippen LogP contribution in [-0.4, -0.2) is 72.7 Å². The quantitative estimate of drug-likeness (QED) is 0.0605. The molecule has 0 atom stereocenters. The highest BCUT2D eigenvalue weighted by molar-refractivity contribution is 6.04. The minimum atomic E-state index is -0.288. The molecule has 8 N–H and O–H groups in total. The lowest BCUT2D eigenvalue weighted by Crippen LogP contribution is -2.33. The minimum absolute atomic E-state index is 0.0303. The fourth-order valence-electron chi connectivity index (χ4n) is 5.82. The zero-order chi connectivity index (χ0) is 37.6. The summed E-state index contributed by atoms with van der Waals surface area (Å²) in [5.74, 6) is -0.244. The maximum atomic E-state index is 13.5. The SMILES string of the molecule is NC(N)=NCCCCC(=O)NCCCCCCNC(=O)c1ccc(NC(=O)c2ccc(CN(C(=O)c3ccc4c(c3)OCC(=O)N4)C3CC3)cc2)cc1. The van der Waals surface area contributed by atoms with Gasteiger partial charge in [-0.3, -0.25) is 29.0 Å². The van der Waals surface area contributed by atoms with Crippen LogP contribution in [-0.2, 0) is 16.1 Å². The smallest absolute Gasteiger partial charge is 0.262 e. The first-order valence-corrected chi connectivity index (χ1v) is 18.1. The van der Waals surface area contributed by atoms with Crippen molar-refractivity contribution >= 4 is 46.9 Å². The Bertz CT molecular complexity index is 1790. The molecule has 1 fully saturated rings. The van der Waals surface area contributed by atoms with E-state index in [1.165, 1.54) is 0 Å². The van der Waals surface area contributed by atoms with E-state index in [9.17, 15) is 24.0 Å². The lowest BCUT2D eigenvalue weighted by Gasteiger charge is -2.24. The molecule has 0 spiro atoms. The molecular formula is C39H48N8O6. The third-order valence-electron chi connectivity index (χ3n) is 8.90. The number of hydrogen-bond donors (Lipinski definition) is 6. The average Bonchev–Trinajstić information content (AvgIpc) is 4.00. The van der Waals surface area contributed by atoms with E-state index in [0.717, 1.165) is 56.9 Å². The lowest BCUT2D eigenvalue weighted by molar-refractivity contribution is -0.121. The van der Waals surface area contributed by atoms with Gasteiger partial charge >= 0.3 is 0 Å². The average molecular weight is 725 g/mol. The third-order valence-corrected chi connectivity index (χ3v) is 8.90. The van der Waals surface area contributed by atoms with Gasteiger partial charge in [-0.05, 0) is 98.7 Å². The van der Waals surface area contributed by atoms with Gasteiger partial charge in [-0.15, -0.1) is 0 Å². The largest absolute Gasteiger partial charge is 0.482 e. The van der Waals surface area contributed by atoms with Crippen molar-refractivity contribution in [3.63, 3.8) is 0 Å². The second kappa shape index (κ2) is 19.1. The molecule has 53 heavy (non-hydrogen) atoms. The molecule has 1 heterocycles. The van der Waals surface area contributed by atoms with Crippen LogP contribution in [0.5, 0.6) is 5.75 Å². The van der Waals surface area contributed by atoms with Crippen LogP contribution in [0.25, 0.3) is 0 Å². The molecule has 0 radical (unpaired) electrons. The number of rotatable bonds is 19. The number of nitrogens with two attached hydrogens (primary N) is 2. The molecule has 3 aromatic carbocycles. The van der Waals surface area contributed by atoms with E-state index in [-0.39, 0.29) is 48.1 Å². The first-order valence-electron chi connectivity index (χ1n) is 18.1. The highest BCUT2D eigenvalue weighted by Crippen LogP contribution is 2.33. The molecule has 5 rings (SSSR count). The van der Waals surface area contributed by atoms with Crippen LogP contribution in [0.3, 0.4) is 0 Å². The Balaban J connectivity index is 0.986. The molecule has 280 valence electrons. The summed E-state index contributed by atoms with van der Waals surface area (Å²) in [5, 5.41) is 11.5. The van der Waals surface area contributed by atoms with Crippen LogP contribution >= 0.6 is 0 Å². The molecule has 14 heteroatoms. The van der Waals surface area contributed by atoms with Gasteiger partial charge in [0.15, 0.2) is 12.6 Å². The fraction of sp³-hybridized carbons (Fsp3) is 0.385. The second-order valence-corrected chi connectivity index (χ2v) is 13.2. The Kier molecular flexibility index (Phi) is 13.8. The van der Waals surface area contributed by atoms with Crippen molar-refractivity contribution in [2.45, 2.75) is 70.4 Å². The van der Waals surface area contributed by atoms with Gasteiger partial charge in [0.25, 0.3) is 23.6 Å². The number of guanidine groups is 1. The van der Waals surface area contributed by atoms with Crippen molar-refractivity contribution in [2.75, 3.05) is 36.9 Å². The van der Waals surface area contributed by atoms with E-state index in [1.54, 1.807) is 54.6 Å². The first kappa shape index (κ1) is 38.3. The van der Waals surface area contributed by atoms with Gasteiger partial charge in [-0.25, -0.2) is 0 Å². The molecule has 0 bridgehead atoms. The van der Waals surface area contributed by atoms with Gasteiger partial charge in [-0.2, -0.15) is 0 Å². The van der Waals surface area contributed by atoms with E-state index in [1.807, 2.05) is 17.0 Å². The summed E-state index contributed by atoms with van der Waals surface area (Å²) in [6, 6.07) is 19.1. The number of amides is 5. The monoisotopic (exact) mass is 724 g/mol. The van der Waals surface area contributed by atoms with E-state index in [4.69, 9.17) is 16.2 Å². The van der Waals surface area contributed by atoms with Gasteiger partial charge in [0, 0.05) is 61.0 Å². The van der Waals surface area contributed by atoms with Crippen LogP contribution in [0.1, 0.15) is 94.4 Å². The number of benzene rings is 3. The number of aliphatic imine (C=N–C) groups is 1. The number of carbonyl (C=O) groups excluding carboxylic acids is 5. The Morgan fingerprint density at radius 3 is 2.15 bits per heavy atom. The van der Waals surface area contributed by atoms with Gasteiger partial charge in [0.05, 0.1) is 5.69 Å². The molecular weight excluding hydrogens is 676 g/mol. The molecule has 0 unspecified atom stereocenters. The minimum Gasteiger partial charge on any atom is -0.482 e. The topological polar surface area (TPSA) is 210 Å². The van der Waals surface area contributed by atoms with Gasteiger partial charge < -0.3 is 42.4 Å². The highest BCUT2D eigenvalue weighted by Gasteiger charge is 2.33. The van der Waals surface area contributed by atoms with Crippen molar-refractivity contribution in [1.82, 2.24) is 15.5 Å². The Hall–Kier alpha value is -5.92. The number of carbonyl (C=O) groups is 5. The molecule has 1 aliphatic heterocycles. The maximum absolute atomic E-state index is 13.5. The van der Waals surface area contributed by atoms with Crippen molar-refractivity contribution in [2.24, 2.45) is 16.5 Å². The van der Waals surface area contributed by atoms with Crippen molar-refractivity contribution in [3.05, 3.63) is 89.0 Å². The highest BCUT2D eigenvalue weighted by atomic mass is 16.5. The molecule has 3 aromatic rings. The number of unbranched alkanes of at least 4 members (excludes halogenated alkanes) is 4. The third kappa shape index (κ3) is 12.1.